The Morgan fingerprint density at radius 2 is 2.15 bits per heavy atom. The lowest BCUT2D eigenvalue weighted by Crippen LogP contribution is -2.55. The van der Waals surface area contributed by atoms with Crippen molar-refractivity contribution < 1.29 is 13.9 Å². The van der Waals surface area contributed by atoms with Crippen LogP contribution in [-0.2, 0) is 16.1 Å². The van der Waals surface area contributed by atoms with Gasteiger partial charge in [-0.05, 0) is 57.2 Å². The molecule has 1 atom stereocenters. The fourth-order valence-corrected chi connectivity index (χ4v) is 4.46. The molecule has 1 aromatic rings. The second-order valence-electron chi connectivity index (χ2n) is 8.24. The summed E-state index contributed by atoms with van der Waals surface area (Å²) in [6, 6.07) is 4.42. The first kappa shape index (κ1) is 17.9. The zero-order chi connectivity index (χ0) is 18.2. The number of hydrogen-bond acceptors (Lipinski definition) is 4. The molecular formula is C20H28FN3O2. The highest BCUT2D eigenvalue weighted by Crippen LogP contribution is 2.41. The van der Waals surface area contributed by atoms with E-state index in [9.17, 15) is 9.18 Å². The van der Waals surface area contributed by atoms with Crippen LogP contribution in [0.1, 0.15) is 44.1 Å². The van der Waals surface area contributed by atoms with E-state index >= 15 is 0 Å². The lowest BCUT2D eigenvalue weighted by Gasteiger charge is -2.43. The predicted molar refractivity (Wildman–Crippen MR) is 96.3 cm³/mol. The molecule has 6 heteroatoms. The number of amides is 1. The number of pyridine rings is 1. The van der Waals surface area contributed by atoms with Crippen LogP contribution in [0.3, 0.4) is 0 Å². The molecule has 0 bridgehead atoms. The molecule has 4 rings (SSSR count). The lowest BCUT2D eigenvalue weighted by molar-refractivity contribution is -0.154. The van der Waals surface area contributed by atoms with Crippen molar-refractivity contribution in [2.45, 2.75) is 62.4 Å². The molecule has 26 heavy (non-hydrogen) atoms. The van der Waals surface area contributed by atoms with Crippen molar-refractivity contribution in [3.8, 4) is 0 Å². The summed E-state index contributed by atoms with van der Waals surface area (Å²) in [7, 11) is 2.13. The number of rotatable bonds is 4. The Kier molecular flexibility index (Phi) is 4.73. The average molecular weight is 361 g/mol. The van der Waals surface area contributed by atoms with Crippen molar-refractivity contribution in [3.63, 3.8) is 0 Å². The van der Waals surface area contributed by atoms with Crippen LogP contribution in [0.4, 0.5) is 4.39 Å². The highest BCUT2D eigenvalue weighted by molar-refractivity contribution is 5.86. The number of carbonyl (C=O) groups excluding carboxylic acids is 1. The molecule has 142 valence electrons. The van der Waals surface area contributed by atoms with Gasteiger partial charge < -0.3 is 9.64 Å². The SMILES string of the molecule is CN(Cc1cccnc1)[C@H]1COC2(CCN(C(=O)C3(F)CCC3)CC2)C1. The van der Waals surface area contributed by atoms with Crippen molar-refractivity contribution in [2.75, 3.05) is 26.7 Å². The highest BCUT2D eigenvalue weighted by Gasteiger charge is 2.50. The summed E-state index contributed by atoms with van der Waals surface area (Å²) >= 11 is 0. The topological polar surface area (TPSA) is 45.7 Å². The maximum Gasteiger partial charge on any atom is 0.260 e. The van der Waals surface area contributed by atoms with E-state index in [2.05, 4.69) is 23.0 Å². The Labute approximate surface area is 154 Å². The van der Waals surface area contributed by atoms with Gasteiger partial charge in [-0.2, -0.15) is 0 Å². The van der Waals surface area contributed by atoms with Crippen LogP contribution in [0.2, 0.25) is 0 Å². The van der Waals surface area contributed by atoms with Crippen molar-refractivity contribution in [1.29, 1.82) is 0 Å². The van der Waals surface area contributed by atoms with E-state index in [0.29, 0.717) is 32.0 Å². The number of aromatic nitrogens is 1. The smallest absolute Gasteiger partial charge is 0.260 e. The summed E-state index contributed by atoms with van der Waals surface area (Å²) < 4.78 is 20.6. The van der Waals surface area contributed by atoms with E-state index in [0.717, 1.165) is 38.8 Å². The quantitative estimate of drug-likeness (QED) is 0.827. The first-order chi connectivity index (χ1) is 12.5. The molecule has 3 heterocycles. The Balaban J connectivity index is 1.30. The molecule has 0 radical (unpaired) electrons. The molecule has 5 nitrogen and oxygen atoms in total. The molecule has 2 saturated heterocycles. The molecule has 3 aliphatic rings. The number of alkyl halides is 1. The van der Waals surface area contributed by atoms with Gasteiger partial charge in [-0.3, -0.25) is 14.7 Å². The van der Waals surface area contributed by atoms with Crippen LogP contribution >= 0.6 is 0 Å². The van der Waals surface area contributed by atoms with E-state index in [-0.39, 0.29) is 11.5 Å². The van der Waals surface area contributed by atoms with Gasteiger partial charge in [0.15, 0.2) is 5.67 Å². The molecule has 1 spiro atoms. The number of likely N-dealkylation sites (tertiary alicyclic amines) is 1. The average Bonchev–Trinajstić information content (AvgIpc) is 3.04. The van der Waals surface area contributed by atoms with Gasteiger partial charge in [0.05, 0.1) is 12.2 Å². The lowest BCUT2D eigenvalue weighted by atomic mass is 9.79. The first-order valence-electron chi connectivity index (χ1n) is 9.71. The Morgan fingerprint density at radius 3 is 2.77 bits per heavy atom. The molecular weight excluding hydrogens is 333 g/mol. The maximum absolute atomic E-state index is 14.4. The summed E-state index contributed by atoms with van der Waals surface area (Å²) in [5, 5.41) is 0. The van der Waals surface area contributed by atoms with Gasteiger partial charge in [0.2, 0.25) is 0 Å². The minimum atomic E-state index is -1.58. The molecule has 1 saturated carbocycles. The van der Waals surface area contributed by atoms with Crippen LogP contribution in [0.15, 0.2) is 24.5 Å². The molecule has 2 aliphatic heterocycles. The predicted octanol–water partition coefficient (Wildman–Crippen LogP) is 2.56. The Bertz CT molecular complexity index is 642. The van der Waals surface area contributed by atoms with Gasteiger partial charge in [0.25, 0.3) is 5.91 Å². The molecule has 0 N–H and O–H groups in total. The van der Waals surface area contributed by atoms with Crippen molar-refractivity contribution in [1.82, 2.24) is 14.8 Å². The van der Waals surface area contributed by atoms with Gasteiger partial charge in [-0.15, -0.1) is 0 Å². The first-order valence-corrected chi connectivity index (χ1v) is 9.71. The third kappa shape index (κ3) is 3.37. The monoisotopic (exact) mass is 361 g/mol. The number of ether oxygens (including phenoxy) is 1. The number of piperidine rings is 1. The largest absolute Gasteiger partial charge is 0.373 e. The van der Waals surface area contributed by atoms with Crippen LogP contribution < -0.4 is 0 Å². The third-order valence-electron chi connectivity index (χ3n) is 6.46. The van der Waals surface area contributed by atoms with Crippen LogP contribution in [-0.4, -0.2) is 64.7 Å². The number of hydrogen-bond donors (Lipinski definition) is 0. The molecule has 1 aliphatic carbocycles. The zero-order valence-electron chi connectivity index (χ0n) is 15.5. The number of nitrogens with zero attached hydrogens (tertiary/aromatic N) is 3. The molecule has 0 unspecified atom stereocenters. The zero-order valence-corrected chi connectivity index (χ0v) is 15.5. The van der Waals surface area contributed by atoms with Crippen molar-refractivity contribution >= 4 is 5.91 Å². The standard InChI is InChI=1S/C20H28FN3O2/c1-23(14-16-4-2-9-22-13-16)17-12-19(26-15-17)7-10-24(11-8-19)18(25)20(21)5-3-6-20/h2,4,9,13,17H,3,5-8,10-12,14-15H2,1H3/t17-/m1/s1. The second kappa shape index (κ2) is 6.89. The molecule has 1 aromatic heterocycles. The van der Waals surface area contributed by atoms with Crippen molar-refractivity contribution in [2.24, 2.45) is 0 Å². The van der Waals surface area contributed by atoms with E-state index in [1.165, 1.54) is 5.56 Å². The Morgan fingerprint density at radius 1 is 1.38 bits per heavy atom. The summed E-state index contributed by atoms with van der Waals surface area (Å²) in [4.78, 5) is 20.6. The minimum Gasteiger partial charge on any atom is -0.373 e. The van der Waals surface area contributed by atoms with E-state index < -0.39 is 5.67 Å². The number of likely N-dealkylation sites (N-methyl/N-ethyl adjacent to an activating group) is 1. The third-order valence-corrected chi connectivity index (χ3v) is 6.46. The summed E-state index contributed by atoms with van der Waals surface area (Å²) in [6.07, 6.45) is 7.91. The Hall–Kier alpha value is -1.53. The molecule has 0 aromatic carbocycles. The second-order valence-corrected chi connectivity index (χ2v) is 8.24. The van der Waals surface area contributed by atoms with E-state index in [1.54, 1.807) is 11.1 Å². The van der Waals surface area contributed by atoms with Crippen molar-refractivity contribution in [3.05, 3.63) is 30.1 Å². The van der Waals surface area contributed by atoms with Crippen LogP contribution in [0.25, 0.3) is 0 Å². The van der Waals surface area contributed by atoms with Gasteiger partial charge in [-0.25, -0.2) is 4.39 Å². The highest BCUT2D eigenvalue weighted by atomic mass is 19.1. The van der Waals surface area contributed by atoms with E-state index in [1.807, 2.05) is 12.3 Å². The number of carbonyl (C=O) groups is 1. The van der Waals surface area contributed by atoms with Crippen LogP contribution in [0, 0.1) is 0 Å². The van der Waals surface area contributed by atoms with Gasteiger partial charge in [0.1, 0.15) is 0 Å². The summed E-state index contributed by atoms with van der Waals surface area (Å²) in [6.45, 7) is 2.80. The normalized spacial score (nSPS) is 26.9. The molecule has 3 fully saturated rings. The summed E-state index contributed by atoms with van der Waals surface area (Å²) in [5.74, 6) is -0.290. The van der Waals surface area contributed by atoms with Gasteiger partial charge >= 0.3 is 0 Å². The summed E-state index contributed by atoms with van der Waals surface area (Å²) in [5.41, 5.74) is -0.522. The van der Waals surface area contributed by atoms with Crippen LogP contribution in [0.5, 0.6) is 0 Å². The van der Waals surface area contributed by atoms with Gasteiger partial charge in [-0.1, -0.05) is 6.07 Å². The van der Waals surface area contributed by atoms with Gasteiger partial charge in [0, 0.05) is 38.1 Å². The van der Waals surface area contributed by atoms with E-state index in [4.69, 9.17) is 4.74 Å². The maximum atomic E-state index is 14.4. The number of halogens is 1. The molecule has 1 amide bonds. The minimum absolute atomic E-state index is 0.145. The fraction of sp³-hybridized carbons (Fsp3) is 0.700. The fourth-order valence-electron chi connectivity index (χ4n) is 4.46.